The van der Waals surface area contributed by atoms with E-state index in [1.54, 1.807) is 18.2 Å². The van der Waals surface area contributed by atoms with Gasteiger partial charge in [0.15, 0.2) is 11.6 Å². The maximum atomic E-state index is 10.5. The van der Waals surface area contributed by atoms with Crippen LogP contribution in [-0.4, -0.2) is 32.0 Å². The zero-order chi connectivity index (χ0) is 15.5. The Hall–Kier alpha value is -2.25. The molecule has 0 aliphatic carbocycles. The molecule has 0 spiro atoms. The number of carbonyl (C=O) groups is 1. The van der Waals surface area contributed by atoms with Crippen molar-refractivity contribution >= 4 is 29.3 Å². The van der Waals surface area contributed by atoms with Crippen molar-refractivity contribution in [3.05, 3.63) is 41.4 Å². The minimum atomic E-state index is -0.919. The molecule has 0 atom stereocenters. The van der Waals surface area contributed by atoms with E-state index in [2.05, 4.69) is 15.2 Å². The number of hydrogen-bond donors (Lipinski definition) is 2. The van der Waals surface area contributed by atoms with Crippen LogP contribution >= 0.6 is 23.4 Å². The molecule has 22 heavy (non-hydrogen) atoms. The van der Waals surface area contributed by atoms with Gasteiger partial charge in [-0.05, 0) is 24.3 Å². The second kappa shape index (κ2) is 6.25. The second-order valence-corrected chi connectivity index (χ2v) is 5.70. The van der Waals surface area contributed by atoms with Crippen molar-refractivity contribution in [2.24, 2.45) is 0 Å². The lowest BCUT2D eigenvalue weighted by molar-refractivity contribution is -0.133. The zero-order valence-electron chi connectivity index (χ0n) is 11.1. The van der Waals surface area contributed by atoms with Crippen LogP contribution in [0.3, 0.4) is 0 Å². The highest BCUT2D eigenvalue weighted by molar-refractivity contribution is 7.99. The van der Waals surface area contributed by atoms with Gasteiger partial charge in [0.2, 0.25) is 5.16 Å². The van der Waals surface area contributed by atoms with Gasteiger partial charge < -0.3 is 9.52 Å². The number of aromatic amines is 1. The Labute approximate surface area is 134 Å². The van der Waals surface area contributed by atoms with E-state index in [1.807, 2.05) is 18.2 Å². The maximum absolute atomic E-state index is 10.5. The molecule has 2 N–H and O–H groups in total. The average molecular weight is 336 g/mol. The van der Waals surface area contributed by atoms with Crippen molar-refractivity contribution in [2.75, 3.05) is 5.75 Å². The molecule has 3 aromatic rings. The molecular weight excluding hydrogens is 326 g/mol. The summed E-state index contributed by atoms with van der Waals surface area (Å²) >= 11 is 7.00. The van der Waals surface area contributed by atoms with Gasteiger partial charge in [0.25, 0.3) is 0 Å². The number of nitrogens with one attached hydrogen (secondary N) is 1. The average Bonchev–Trinajstić information content (AvgIpc) is 3.14. The number of halogens is 1. The van der Waals surface area contributed by atoms with Gasteiger partial charge in [0.05, 0.1) is 5.75 Å². The van der Waals surface area contributed by atoms with Crippen LogP contribution < -0.4 is 0 Å². The number of carboxylic acids is 1. The number of furan rings is 1. The van der Waals surface area contributed by atoms with Gasteiger partial charge in [-0.15, -0.1) is 5.10 Å². The molecule has 0 fully saturated rings. The Balaban J connectivity index is 1.80. The molecule has 112 valence electrons. The summed E-state index contributed by atoms with van der Waals surface area (Å²) in [6, 6.07) is 10.9. The largest absolute Gasteiger partial charge is 0.481 e. The Morgan fingerprint density at radius 2 is 2.14 bits per heavy atom. The number of aromatic nitrogens is 3. The molecule has 0 saturated heterocycles. The summed E-state index contributed by atoms with van der Waals surface area (Å²) in [4.78, 5) is 14.7. The van der Waals surface area contributed by atoms with E-state index < -0.39 is 5.97 Å². The summed E-state index contributed by atoms with van der Waals surface area (Å²) in [6.45, 7) is 0. The highest BCUT2D eigenvalue weighted by atomic mass is 35.5. The molecule has 0 aliphatic heterocycles. The van der Waals surface area contributed by atoms with Gasteiger partial charge in [-0.25, -0.2) is 0 Å². The molecule has 0 unspecified atom stereocenters. The number of rotatable bonds is 5. The fourth-order valence-corrected chi connectivity index (χ4v) is 2.52. The van der Waals surface area contributed by atoms with Gasteiger partial charge in [-0.1, -0.05) is 35.5 Å². The van der Waals surface area contributed by atoms with Gasteiger partial charge in [-0.3, -0.25) is 9.89 Å². The van der Waals surface area contributed by atoms with E-state index in [4.69, 9.17) is 21.1 Å². The quantitative estimate of drug-likeness (QED) is 0.692. The summed E-state index contributed by atoms with van der Waals surface area (Å²) < 4.78 is 5.73. The van der Waals surface area contributed by atoms with Crippen molar-refractivity contribution in [3.8, 4) is 22.9 Å². The lowest BCUT2D eigenvalue weighted by Gasteiger charge is -1.97. The van der Waals surface area contributed by atoms with Crippen LogP contribution in [0.15, 0.2) is 46.0 Å². The van der Waals surface area contributed by atoms with E-state index in [1.165, 1.54) is 0 Å². The van der Waals surface area contributed by atoms with Gasteiger partial charge in [-0.2, -0.15) is 4.98 Å². The molecule has 1 aromatic carbocycles. The molecule has 6 nitrogen and oxygen atoms in total. The van der Waals surface area contributed by atoms with E-state index in [0.29, 0.717) is 27.5 Å². The topological polar surface area (TPSA) is 92.0 Å². The zero-order valence-corrected chi connectivity index (χ0v) is 12.7. The number of hydrogen-bond acceptors (Lipinski definition) is 5. The summed E-state index contributed by atoms with van der Waals surface area (Å²) in [5.74, 6) is 0.612. The molecule has 0 radical (unpaired) electrons. The smallest absolute Gasteiger partial charge is 0.313 e. The van der Waals surface area contributed by atoms with Crippen LogP contribution in [0.5, 0.6) is 0 Å². The van der Waals surface area contributed by atoms with Crippen LogP contribution in [0.1, 0.15) is 0 Å². The molecular formula is C14H10ClN3O3S. The molecule has 0 saturated carbocycles. The molecule has 3 rings (SSSR count). The van der Waals surface area contributed by atoms with E-state index >= 15 is 0 Å². The van der Waals surface area contributed by atoms with Gasteiger partial charge >= 0.3 is 5.97 Å². The molecule has 0 aliphatic rings. The van der Waals surface area contributed by atoms with Crippen molar-refractivity contribution in [3.63, 3.8) is 0 Å². The van der Waals surface area contributed by atoms with Crippen LogP contribution in [0.4, 0.5) is 0 Å². The van der Waals surface area contributed by atoms with Crippen molar-refractivity contribution in [1.29, 1.82) is 0 Å². The number of nitrogens with zero attached hydrogens (tertiary/aromatic N) is 2. The first-order chi connectivity index (χ1) is 10.6. The number of carboxylic acid groups (broad SMARTS) is 1. The number of aliphatic carboxylic acids is 1. The SMILES string of the molecule is O=C(O)CSc1n[nH]c(-c2ccc(-c3cccc(Cl)c3)o2)n1. The summed E-state index contributed by atoms with van der Waals surface area (Å²) in [5.41, 5.74) is 0.860. The maximum Gasteiger partial charge on any atom is 0.313 e. The first kappa shape index (κ1) is 14.7. The molecule has 8 heteroatoms. The Morgan fingerprint density at radius 3 is 2.91 bits per heavy atom. The fourth-order valence-electron chi connectivity index (χ4n) is 1.81. The number of thioether (sulfide) groups is 1. The molecule has 2 heterocycles. The number of H-pyrrole nitrogens is 1. The summed E-state index contributed by atoms with van der Waals surface area (Å²) in [7, 11) is 0. The van der Waals surface area contributed by atoms with Gasteiger partial charge in [0.1, 0.15) is 5.76 Å². The lowest BCUT2D eigenvalue weighted by Crippen LogP contribution is -1.97. The third-order valence-corrected chi connectivity index (χ3v) is 3.81. The van der Waals surface area contributed by atoms with E-state index in [0.717, 1.165) is 17.3 Å². The minimum Gasteiger partial charge on any atom is -0.481 e. The number of benzene rings is 1. The molecule has 2 aromatic heterocycles. The monoisotopic (exact) mass is 335 g/mol. The highest BCUT2D eigenvalue weighted by Gasteiger charge is 2.12. The van der Waals surface area contributed by atoms with E-state index in [-0.39, 0.29) is 5.75 Å². The van der Waals surface area contributed by atoms with Crippen LogP contribution in [0.2, 0.25) is 5.02 Å². The fraction of sp³-hybridized carbons (Fsp3) is 0.0714. The Bertz CT molecular complexity index is 815. The van der Waals surface area contributed by atoms with Crippen LogP contribution in [-0.2, 0) is 4.79 Å². The van der Waals surface area contributed by atoms with Crippen LogP contribution in [0, 0.1) is 0 Å². The van der Waals surface area contributed by atoms with Crippen molar-refractivity contribution < 1.29 is 14.3 Å². The predicted octanol–water partition coefficient (Wildman–Crippen LogP) is 3.56. The van der Waals surface area contributed by atoms with Crippen molar-refractivity contribution in [1.82, 2.24) is 15.2 Å². The minimum absolute atomic E-state index is 0.0940. The molecule has 0 amide bonds. The Morgan fingerprint density at radius 1 is 1.32 bits per heavy atom. The third kappa shape index (κ3) is 3.32. The first-order valence-electron chi connectivity index (χ1n) is 6.25. The summed E-state index contributed by atoms with van der Waals surface area (Å²) in [6.07, 6.45) is 0. The predicted molar refractivity (Wildman–Crippen MR) is 82.9 cm³/mol. The van der Waals surface area contributed by atoms with Gasteiger partial charge in [0, 0.05) is 10.6 Å². The first-order valence-corrected chi connectivity index (χ1v) is 7.61. The Kier molecular flexibility index (Phi) is 4.17. The van der Waals surface area contributed by atoms with Crippen LogP contribution in [0.25, 0.3) is 22.9 Å². The molecule has 0 bridgehead atoms. The highest BCUT2D eigenvalue weighted by Crippen LogP contribution is 2.28. The second-order valence-electron chi connectivity index (χ2n) is 4.32. The van der Waals surface area contributed by atoms with E-state index in [9.17, 15) is 4.79 Å². The summed E-state index contributed by atoms with van der Waals surface area (Å²) in [5, 5.41) is 16.3. The van der Waals surface area contributed by atoms with Crippen molar-refractivity contribution in [2.45, 2.75) is 5.16 Å². The lowest BCUT2D eigenvalue weighted by atomic mass is 10.2. The standard InChI is InChI=1S/C14H10ClN3O3S/c15-9-3-1-2-8(6-9)10-4-5-11(21-10)13-16-14(18-17-13)22-7-12(19)20/h1-6H,7H2,(H,19,20)(H,16,17,18). The third-order valence-electron chi connectivity index (χ3n) is 2.74. The normalized spacial score (nSPS) is 10.8.